The topological polar surface area (TPSA) is 80.9 Å². The largest absolute Gasteiger partial charge is 0.478 e. The number of aliphatic carboxylic acids is 1. The van der Waals surface area contributed by atoms with E-state index < -0.39 is 5.97 Å². The second-order valence-corrected chi connectivity index (χ2v) is 7.47. The fourth-order valence-electron chi connectivity index (χ4n) is 4.12. The zero-order valence-corrected chi connectivity index (χ0v) is 16.5. The van der Waals surface area contributed by atoms with Gasteiger partial charge in [-0.2, -0.15) is 5.10 Å². The molecular weight excluding hydrogens is 376 g/mol. The van der Waals surface area contributed by atoms with Crippen LogP contribution in [0.3, 0.4) is 0 Å². The summed E-state index contributed by atoms with van der Waals surface area (Å²) in [6, 6.07) is 13.9. The predicted molar refractivity (Wildman–Crippen MR) is 116 cm³/mol. The van der Waals surface area contributed by atoms with Gasteiger partial charge in [0.25, 0.3) is 0 Å². The van der Waals surface area contributed by atoms with Crippen molar-refractivity contribution < 1.29 is 9.90 Å². The summed E-state index contributed by atoms with van der Waals surface area (Å²) in [5.74, 6) is -0.970. The summed E-state index contributed by atoms with van der Waals surface area (Å²) in [6.45, 7) is 2.91. The van der Waals surface area contributed by atoms with Crippen molar-refractivity contribution in [2.75, 3.05) is 0 Å². The van der Waals surface area contributed by atoms with Gasteiger partial charge >= 0.3 is 5.97 Å². The van der Waals surface area contributed by atoms with Crippen molar-refractivity contribution in [2.24, 2.45) is 0 Å². The minimum Gasteiger partial charge on any atom is -0.478 e. The number of hydrogen-bond donors (Lipinski definition) is 1. The molecule has 0 radical (unpaired) electrons. The van der Waals surface area contributed by atoms with E-state index in [0.29, 0.717) is 0 Å². The summed E-state index contributed by atoms with van der Waals surface area (Å²) in [7, 11) is 0. The summed E-state index contributed by atoms with van der Waals surface area (Å²) in [6.07, 6.45) is 6.59. The fraction of sp³-hybridized carbons (Fsp3) is 0.167. The molecule has 1 aliphatic heterocycles. The molecule has 5 rings (SSSR count). The van der Waals surface area contributed by atoms with E-state index in [0.717, 1.165) is 70.1 Å². The van der Waals surface area contributed by atoms with Crippen LogP contribution in [-0.4, -0.2) is 30.8 Å². The lowest BCUT2D eigenvalue weighted by molar-refractivity contribution is -0.131. The molecule has 148 valence electrons. The first kappa shape index (κ1) is 18.2. The zero-order chi connectivity index (χ0) is 20.7. The van der Waals surface area contributed by atoms with E-state index >= 15 is 0 Å². The molecule has 4 heterocycles. The maximum absolute atomic E-state index is 10.8. The summed E-state index contributed by atoms with van der Waals surface area (Å²) in [4.78, 5) is 20.1. The molecule has 1 aromatic carbocycles. The van der Waals surface area contributed by atoms with Gasteiger partial charge in [-0.1, -0.05) is 18.2 Å². The van der Waals surface area contributed by atoms with Gasteiger partial charge in [0, 0.05) is 41.2 Å². The van der Waals surface area contributed by atoms with Crippen molar-refractivity contribution in [3.05, 3.63) is 71.7 Å². The summed E-state index contributed by atoms with van der Waals surface area (Å²) in [5.41, 5.74) is 7.78. The Morgan fingerprint density at radius 2 is 2.10 bits per heavy atom. The Labute approximate surface area is 173 Å². The molecular formula is C24H20N4O2. The third kappa shape index (κ3) is 3.16. The van der Waals surface area contributed by atoms with Crippen molar-refractivity contribution in [3.8, 4) is 22.5 Å². The zero-order valence-electron chi connectivity index (χ0n) is 16.5. The molecule has 6 heteroatoms. The van der Waals surface area contributed by atoms with E-state index in [-0.39, 0.29) is 0 Å². The van der Waals surface area contributed by atoms with E-state index in [2.05, 4.69) is 9.67 Å². The number of pyridine rings is 2. The molecule has 1 aliphatic rings. The fourth-order valence-corrected chi connectivity index (χ4v) is 4.12. The average Bonchev–Trinajstić information content (AvgIpc) is 3.33. The number of carboxylic acid groups (broad SMARTS) is 1. The quantitative estimate of drug-likeness (QED) is 0.513. The second-order valence-electron chi connectivity index (χ2n) is 7.47. The number of carbonyl (C=O) groups is 1. The molecule has 6 nitrogen and oxygen atoms in total. The van der Waals surface area contributed by atoms with Gasteiger partial charge in [-0.05, 0) is 61.2 Å². The number of aryl methyl sites for hydroxylation is 2. The number of fused-ring (bicyclic) bond motifs is 2. The number of nitrogens with zero attached hydrogens (tertiary/aromatic N) is 4. The first-order chi connectivity index (χ1) is 14.6. The van der Waals surface area contributed by atoms with Gasteiger partial charge in [-0.25, -0.2) is 4.79 Å². The molecule has 1 N–H and O–H groups in total. The van der Waals surface area contributed by atoms with Gasteiger partial charge in [-0.15, -0.1) is 0 Å². The lowest BCUT2D eigenvalue weighted by atomic mass is 9.96. The molecule has 0 aliphatic carbocycles. The monoisotopic (exact) mass is 396 g/mol. The summed E-state index contributed by atoms with van der Waals surface area (Å²) >= 11 is 0. The maximum Gasteiger partial charge on any atom is 0.328 e. The molecule has 0 saturated carbocycles. The average molecular weight is 396 g/mol. The van der Waals surface area contributed by atoms with E-state index in [1.807, 2.05) is 49.4 Å². The first-order valence-electron chi connectivity index (χ1n) is 9.94. The molecule has 30 heavy (non-hydrogen) atoms. The minimum absolute atomic E-state index is 0.801. The van der Waals surface area contributed by atoms with Gasteiger partial charge in [-0.3, -0.25) is 14.6 Å². The highest BCUT2D eigenvalue weighted by Crippen LogP contribution is 2.39. The number of benzene rings is 1. The van der Waals surface area contributed by atoms with Gasteiger partial charge < -0.3 is 5.11 Å². The molecule has 0 atom stereocenters. The highest BCUT2D eigenvalue weighted by atomic mass is 16.4. The van der Waals surface area contributed by atoms with Crippen LogP contribution < -0.4 is 0 Å². The van der Waals surface area contributed by atoms with E-state index in [4.69, 9.17) is 15.2 Å². The maximum atomic E-state index is 10.8. The van der Waals surface area contributed by atoms with E-state index in [9.17, 15) is 4.79 Å². The highest BCUT2D eigenvalue weighted by molar-refractivity contribution is 5.99. The van der Waals surface area contributed by atoms with Crippen molar-refractivity contribution in [3.63, 3.8) is 0 Å². The molecule has 0 bridgehead atoms. The normalized spacial score (nSPS) is 13.2. The Kier molecular flexibility index (Phi) is 4.39. The van der Waals surface area contributed by atoms with Crippen LogP contribution in [0.15, 0.2) is 54.7 Å². The van der Waals surface area contributed by atoms with Gasteiger partial charge in [0.2, 0.25) is 0 Å². The van der Waals surface area contributed by atoms with Crippen LogP contribution in [0.1, 0.15) is 23.4 Å². The molecule has 0 saturated heterocycles. The Bertz CT molecular complexity index is 1320. The Hall–Kier alpha value is -3.80. The molecule has 0 fully saturated rings. The van der Waals surface area contributed by atoms with Crippen LogP contribution in [0.2, 0.25) is 0 Å². The van der Waals surface area contributed by atoms with E-state index in [1.54, 1.807) is 12.3 Å². The SMILES string of the molecule is Cc1cccc(-c2nn3c(c2-c2ccnc4cc(C=CC(=O)O)ccc24)CCC3)n1. The van der Waals surface area contributed by atoms with Gasteiger partial charge in [0.1, 0.15) is 5.69 Å². The number of rotatable bonds is 4. The van der Waals surface area contributed by atoms with Crippen LogP contribution in [0.5, 0.6) is 0 Å². The van der Waals surface area contributed by atoms with Crippen LogP contribution >= 0.6 is 0 Å². The first-order valence-corrected chi connectivity index (χ1v) is 9.94. The molecule has 0 spiro atoms. The van der Waals surface area contributed by atoms with Crippen LogP contribution in [0.25, 0.3) is 39.5 Å². The van der Waals surface area contributed by atoms with Crippen molar-refractivity contribution >= 4 is 22.9 Å². The van der Waals surface area contributed by atoms with Crippen molar-refractivity contribution in [1.82, 2.24) is 19.7 Å². The molecule has 4 aromatic rings. The smallest absolute Gasteiger partial charge is 0.328 e. The number of hydrogen-bond acceptors (Lipinski definition) is 4. The molecule has 3 aromatic heterocycles. The van der Waals surface area contributed by atoms with Gasteiger partial charge in [0.05, 0.1) is 11.2 Å². The summed E-state index contributed by atoms with van der Waals surface area (Å²) in [5, 5.41) is 14.8. The van der Waals surface area contributed by atoms with Crippen molar-refractivity contribution in [1.29, 1.82) is 0 Å². The Morgan fingerprint density at radius 3 is 2.93 bits per heavy atom. The van der Waals surface area contributed by atoms with Crippen molar-refractivity contribution in [2.45, 2.75) is 26.3 Å². The van der Waals surface area contributed by atoms with Crippen LogP contribution in [-0.2, 0) is 17.8 Å². The highest BCUT2D eigenvalue weighted by Gasteiger charge is 2.25. The Balaban J connectivity index is 1.72. The standard InChI is InChI=1S/C24H20N4O2/c1-15-4-2-5-19(26-15)24-23(21-6-3-13-28(21)27-24)18-11-12-25-20-14-16(7-9-17(18)20)8-10-22(29)30/h2,4-5,7-12,14H,3,6,13H2,1H3,(H,29,30). The third-order valence-electron chi connectivity index (χ3n) is 5.43. The second kappa shape index (κ2) is 7.22. The number of aromatic nitrogens is 4. The van der Waals surface area contributed by atoms with Crippen LogP contribution in [0, 0.1) is 6.92 Å². The third-order valence-corrected chi connectivity index (χ3v) is 5.43. The molecule has 0 unspecified atom stereocenters. The Morgan fingerprint density at radius 1 is 1.20 bits per heavy atom. The van der Waals surface area contributed by atoms with E-state index in [1.165, 1.54) is 5.69 Å². The molecule has 0 amide bonds. The number of carboxylic acids is 1. The lowest BCUT2D eigenvalue weighted by Gasteiger charge is -2.09. The minimum atomic E-state index is -0.970. The summed E-state index contributed by atoms with van der Waals surface area (Å²) < 4.78 is 2.10. The lowest BCUT2D eigenvalue weighted by Crippen LogP contribution is -1.95. The van der Waals surface area contributed by atoms with Crippen LogP contribution in [0.4, 0.5) is 0 Å². The predicted octanol–water partition coefficient (Wildman–Crippen LogP) is 4.51. The van der Waals surface area contributed by atoms with Gasteiger partial charge in [0.15, 0.2) is 0 Å².